The van der Waals surface area contributed by atoms with Gasteiger partial charge in [-0.1, -0.05) is 23.7 Å². The van der Waals surface area contributed by atoms with E-state index < -0.39 is 11.3 Å². The molecule has 0 bridgehead atoms. The van der Waals surface area contributed by atoms with E-state index in [9.17, 15) is 13.6 Å². The highest BCUT2D eigenvalue weighted by Gasteiger charge is 2.18. The van der Waals surface area contributed by atoms with Gasteiger partial charge in [-0.15, -0.1) is 11.3 Å². The lowest BCUT2D eigenvalue weighted by Gasteiger charge is -2.26. The number of fused-ring (bicyclic) bond motifs is 1. The van der Waals surface area contributed by atoms with Crippen LogP contribution in [0.5, 0.6) is 0 Å². The van der Waals surface area contributed by atoms with E-state index in [2.05, 4.69) is 0 Å². The van der Waals surface area contributed by atoms with Crippen LogP contribution in [0.15, 0.2) is 42.5 Å². The van der Waals surface area contributed by atoms with Crippen LogP contribution in [0.4, 0.5) is 5.00 Å². The number of aryl methyl sites for hydroxylation is 1. The summed E-state index contributed by atoms with van der Waals surface area (Å²) in [5.41, 5.74) is 2.18. The molecule has 3 aromatic rings. The predicted octanol–water partition coefficient (Wildman–Crippen LogP) is 5.15. The minimum atomic E-state index is -2.46. The Morgan fingerprint density at radius 2 is 1.90 bits per heavy atom. The SMILES string of the molecule is CCN(CC)C(=O)c1cccc(CN(c2sc3ccc(Cl)cc3c2C)S(=O)[O-])c1. The molecule has 1 amide bonds. The second-order valence-corrected chi connectivity index (χ2v) is 8.95. The van der Waals surface area contributed by atoms with Gasteiger partial charge in [0.05, 0.1) is 6.54 Å². The molecular weight excluding hydrogens is 428 g/mol. The number of hydrogen-bond acceptors (Lipinski definition) is 4. The lowest BCUT2D eigenvalue weighted by molar-refractivity contribution is 0.0773. The van der Waals surface area contributed by atoms with E-state index in [-0.39, 0.29) is 12.5 Å². The Bertz CT molecular complexity index is 1060. The average Bonchev–Trinajstić information content (AvgIpc) is 3.02. The lowest BCUT2D eigenvalue weighted by Crippen LogP contribution is -2.30. The molecule has 0 fully saturated rings. The van der Waals surface area contributed by atoms with Crippen LogP contribution in [0.3, 0.4) is 0 Å². The van der Waals surface area contributed by atoms with Gasteiger partial charge in [0.1, 0.15) is 5.00 Å². The lowest BCUT2D eigenvalue weighted by atomic mass is 10.1. The highest BCUT2D eigenvalue weighted by atomic mass is 35.5. The monoisotopic (exact) mass is 449 g/mol. The number of hydrogen-bond donors (Lipinski definition) is 0. The van der Waals surface area contributed by atoms with Crippen LogP contribution in [0.25, 0.3) is 10.1 Å². The summed E-state index contributed by atoms with van der Waals surface area (Å²) in [5.74, 6) is -0.0562. The standard InChI is InChI=1S/C21H23ClN2O3S2/c1-4-23(5-2)20(25)16-8-6-7-15(11-16)13-24(29(26)27)21-14(3)18-12-17(22)9-10-19(18)28-21/h6-12H,4-5,13H2,1-3H3,(H,26,27)/p-1. The molecule has 0 spiro atoms. The molecule has 0 saturated heterocycles. The number of rotatable bonds is 7. The van der Waals surface area contributed by atoms with Crippen molar-refractivity contribution in [3.05, 3.63) is 64.2 Å². The first-order valence-electron chi connectivity index (χ1n) is 9.29. The van der Waals surface area contributed by atoms with E-state index in [1.54, 1.807) is 29.2 Å². The topological polar surface area (TPSA) is 63.7 Å². The number of benzene rings is 2. The van der Waals surface area contributed by atoms with E-state index in [1.165, 1.54) is 15.6 Å². The molecule has 1 heterocycles. The number of nitrogens with zero attached hydrogens (tertiary/aromatic N) is 2. The summed E-state index contributed by atoms with van der Waals surface area (Å²) in [6, 6.07) is 12.7. The molecule has 0 aliphatic heterocycles. The molecule has 0 N–H and O–H groups in total. The fraction of sp³-hybridized carbons (Fsp3) is 0.286. The molecule has 29 heavy (non-hydrogen) atoms. The van der Waals surface area contributed by atoms with E-state index in [4.69, 9.17) is 11.6 Å². The zero-order valence-electron chi connectivity index (χ0n) is 16.5. The van der Waals surface area contributed by atoms with E-state index in [1.807, 2.05) is 39.0 Å². The summed E-state index contributed by atoms with van der Waals surface area (Å²) in [7, 11) is 0. The Hall–Kier alpha value is -1.93. The number of thiophene rings is 1. The maximum Gasteiger partial charge on any atom is 0.253 e. The van der Waals surface area contributed by atoms with Crippen LogP contribution >= 0.6 is 22.9 Å². The Labute approximate surface area is 182 Å². The molecule has 0 aliphatic carbocycles. The molecule has 8 heteroatoms. The maximum absolute atomic E-state index is 12.6. The van der Waals surface area contributed by atoms with Crippen molar-refractivity contribution in [2.24, 2.45) is 0 Å². The predicted molar refractivity (Wildman–Crippen MR) is 120 cm³/mol. The van der Waals surface area contributed by atoms with E-state index in [0.29, 0.717) is 28.7 Å². The zero-order chi connectivity index (χ0) is 21.1. The quantitative estimate of drug-likeness (QED) is 0.469. The van der Waals surface area contributed by atoms with Crippen molar-refractivity contribution in [1.29, 1.82) is 0 Å². The van der Waals surface area contributed by atoms with Gasteiger partial charge in [-0.3, -0.25) is 13.3 Å². The van der Waals surface area contributed by atoms with Crippen LogP contribution in [0.2, 0.25) is 5.02 Å². The summed E-state index contributed by atoms with van der Waals surface area (Å²) >= 11 is 5.05. The molecule has 0 radical (unpaired) electrons. The average molecular weight is 450 g/mol. The summed E-state index contributed by atoms with van der Waals surface area (Å²) < 4.78 is 26.4. The van der Waals surface area contributed by atoms with E-state index in [0.717, 1.165) is 21.2 Å². The minimum absolute atomic E-state index is 0.0562. The minimum Gasteiger partial charge on any atom is -0.755 e. The van der Waals surface area contributed by atoms with Crippen molar-refractivity contribution in [3.63, 3.8) is 0 Å². The molecule has 1 unspecified atom stereocenters. The first kappa shape index (κ1) is 21.8. The fourth-order valence-corrected chi connectivity index (χ4v) is 5.36. The first-order valence-corrected chi connectivity index (χ1v) is 11.5. The van der Waals surface area contributed by atoms with Crippen LogP contribution in [-0.2, 0) is 17.8 Å². The van der Waals surface area contributed by atoms with Crippen LogP contribution in [0.1, 0.15) is 35.3 Å². The second kappa shape index (κ2) is 9.26. The van der Waals surface area contributed by atoms with Crippen molar-refractivity contribution >= 4 is 55.2 Å². The number of amides is 1. The largest absolute Gasteiger partial charge is 0.755 e. The van der Waals surface area contributed by atoms with Crippen LogP contribution < -0.4 is 4.31 Å². The zero-order valence-corrected chi connectivity index (χ0v) is 18.9. The summed E-state index contributed by atoms with van der Waals surface area (Å²) in [6.45, 7) is 7.16. The Kier molecular flexibility index (Phi) is 6.95. The normalized spacial score (nSPS) is 12.2. The molecule has 154 valence electrons. The molecule has 3 rings (SSSR count). The van der Waals surface area contributed by atoms with Crippen LogP contribution in [0, 0.1) is 6.92 Å². The third-order valence-corrected chi connectivity index (χ3v) is 7.15. The van der Waals surface area contributed by atoms with Crippen molar-refractivity contribution < 1.29 is 13.6 Å². The van der Waals surface area contributed by atoms with Gasteiger partial charge in [-0.05, 0) is 67.6 Å². The van der Waals surface area contributed by atoms with Crippen LogP contribution in [-0.4, -0.2) is 32.7 Å². The third kappa shape index (κ3) is 4.64. The van der Waals surface area contributed by atoms with Gasteiger partial charge in [0.15, 0.2) is 0 Å². The highest BCUT2D eigenvalue weighted by Crippen LogP contribution is 2.39. The van der Waals surface area contributed by atoms with Crippen molar-refractivity contribution in [1.82, 2.24) is 4.90 Å². The van der Waals surface area contributed by atoms with E-state index >= 15 is 0 Å². The molecule has 5 nitrogen and oxygen atoms in total. The first-order chi connectivity index (χ1) is 13.8. The third-order valence-electron chi connectivity index (χ3n) is 4.83. The number of anilines is 1. The van der Waals surface area contributed by atoms with Gasteiger partial charge < -0.3 is 9.45 Å². The van der Waals surface area contributed by atoms with Gasteiger partial charge in [-0.2, -0.15) is 0 Å². The highest BCUT2D eigenvalue weighted by molar-refractivity contribution is 7.81. The molecule has 0 saturated carbocycles. The van der Waals surface area contributed by atoms with Gasteiger partial charge in [-0.25, -0.2) is 0 Å². The van der Waals surface area contributed by atoms with Gasteiger partial charge in [0, 0.05) is 39.6 Å². The Balaban J connectivity index is 1.95. The molecular formula is C21H22ClN2O3S2-. The van der Waals surface area contributed by atoms with Crippen molar-refractivity contribution in [3.8, 4) is 0 Å². The molecule has 2 aromatic carbocycles. The van der Waals surface area contributed by atoms with Gasteiger partial charge >= 0.3 is 0 Å². The number of halogens is 1. The van der Waals surface area contributed by atoms with Gasteiger partial charge in [0.2, 0.25) is 0 Å². The molecule has 1 atom stereocenters. The molecule has 0 aliphatic rings. The van der Waals surface area contributed by atoms with Gasteiger partial charge in [0.25, 0.3) is 5.91 Å². The van der Waals surface area contributed by atoms with Crippen molar-refractivity contribution in [2.45, 2.75) is 27.3 Å². The summed E-state index contributed by atoms with van der Waals surface area (Å²) in [6.07, 6.45) is 0. The number of carbonyl (C=O) groups excluding carboxylic acids is 1. The Morgan fingerprint density at radius 3 is 2.55 bits per heavy atom. The van der Waals surface area contributed by atoms with Crippen molar-refractivity contribution in [2.75, 3.05) is 17.4 Å². The summed E-state index contributed by atoms with van der Waals surface area (Å²) in [5, 5.41) is 2.21. The maximum atomic E-state index is 12.6. The Morgan fingerprint density at radius 1 is 1.17 bits per heavy atom. The molecule has 1 aromatic heterocycles. The smallest absolute Gasteiger partial charge is 0.253 e. The fourth-order valence-electron chi connectivity index (χ4n) is 3.27. The second-order valence-electron chi connectivity index (χ2n) is 6.60. The number of carbonyl (C=O) groups is 1. The summed E-state index contributed by atoms with van der Waals surface area (Å²) in [4.78, 5) is 14.4.